The third kappa shape index (κ3) is 5.28. The summed E-state index contributed by atoms with van der Waals surface area (Å²) in [5, 5.41) is 2.61. The first kappa shape index (κ1) is 20.7. The highest BCUT2D eigenvalue weighted by molar-refractivity contribution is 6.45. The number of rotatable bonds is 8. The number of carbonyl (C=O) groups excluding carboxylic acids is 4. The molecule has 29 heavy (non-hydrogen) atoms. The highest BCUT2D eigenvalue weighted by Crippen LogP contribution is 2.21. The summed E-state index contributed by atoms with van der Waals surface area (Å²) in [6.45, 7) is -0.0730. The second kappa shape index (κ2) is 9.45. The number of halogens is 1. The molecule has 2 aliphatic rings. The van der Waals surface area contributed by atoms with Crippen LogP contribution in [0.15, 0.2) is 35.9 Å². The fourth-order valence-corrected chi connectivity index (χ4v) is 3.47. The molecule has 0 saturated carbocycles. The molecule has 0 atom stereocenters. The van der Waals surface area contributed by atoms with Crippen molar-refractivity contribution in [2.75, 3.05) is 19.6 Å². The first-order chi connectivity index (χ1) is 14.0. The third-order valence-electron chi connectivity index (χ3n) is 5.13. The zero-order chi connectivity index (χ0) is 20.8. The van der Waals surface area contributed by atoms with E-state index in [-0.39, 0.29) is 18.9 Å². The molecule has 1 fully saturated rings. The fourth-order valence-electron chi connectivity index (χ4n) is 3.47. The number of carbonyl (C=O) groups is 4. The maximum Gasteiger partial charge on any atom is 0.334 e. The number of imide groups is 2. The van der Waals surface area contributed by atoms with Gasteiger partial charge in [0.2, 0.25) is 5.91 Å². The molecular formula is C21H24FN3O4. The Labute approximate surface area is 168 Å². The van der Waals surface area contributed by atoms with E-state index in [4.69, 9.17) is 0 Å². The van der Waals surface area contributed by atoms with Crippen molar-refractivity contribution in [2.24, 2.45) is 0 Å². The van der Waals surface area contributed by atoms with E-state index in [0.29, 0.717) is 17.7 Å². The predicted molar refractivity (Wildman–Crippen MR) is 103 cm³/mol. The normalized spacial score (nSPS) is 17.0. The Morgan fingerprint density at radius 3 is 2.41 bits per heavy atom. The van der Waals surface area contributed by atoms with E-state index >= 15 is 0 Å². The van der Waals surface area contributed by atoms with Crippen LogP contribution in [-0.2, 0) is 20.8 Å². The van der Waals surface area contributed by atoms with Gasteiger partial charge >= 0.3 is 17.8 Å². The monoisotopic (exact) mass is 401 g/mol. The lowest BCUT2D eigenvalue weighted by Gasteiger charge is -2.17. The van der Waals surface area contributed by atoms with Gasteiger partial charge in [-0.25, -0.2) is 14.1 Å². The quantitative estimate of drug-likeness (QED) is 0.411. The van der Waals surface area contributed by atoms with Crippen molar-refractivity contribution in [2.45, 2.75) is 38.5 Å². The van der Waals surface area contributed by atoms with E-state index in [0.717, 1.165) is 36.1 Å². The van der Waals surface area contributed by atoms with Crippen LogP contribution < -0.4 is 5.32 Å². The van der Waals surface area contributed by atoms with E-state index in [9.17, 15) is 23.6 Å². The van der Waals surface area contributed by atoms with Gasteiger partial charge in [0, 0.05) is 13.1 Å². The topological polar surface area (TPSA) is 86.8 Å². The van der Waals surface area contributed by atoms with Gasteiger partial charge in [-0.05, 0) is 56.2 Å². The number of amides is 5. The number of allylic oxidation sites excluding steroid dienone is 1. The minimum atomic E-state index is -0.971. The Kier molecular flexibility index (Phi) is 6.74. The Hall–Kier alpha value is -3.03. The molecule has 1 N–H and O–H groups in total. The number of benzene rings is 1. The molecule has 3 rings (SSSR count). The molecule has 0 bridgehead atoms. The summed E-state index contributed by atoms with van der Waals surface area (Å²) in [6, 6.07) is 5.16. The largest absolute Gasteiger partial charge is 0.354 e. The van der Waals surface area contributed by atoms with Gasteiger partial charge in [-0.15, -0.1) is 0 Å². The van der Waals surface area contributed by atoms with Crippen molar-refractivity contribution in [1.82, 2.24) is 15.1 Å². The molecule has 8 heteroatoms. The fraction of sp³-hybridized carbons (Fsp3) is 0.429. The van der Waals surface area contributed by atoms with E-state index in [1.165, 1.54) is 17.7 Å². The van der Waals surface area contributed by atoms with E-state index in [1.807, 2.05) is 0 Å². The van der Waals surface area contributed by atoms with Crippen LogP contribution in [0.5, 0.6) is 0 Å². The molecule has 1 aromatic carbocycles. The summed E-state index contributed by atoms with van der Waals surface area (Å²) in [5.74, 6) is -2.72. The molecule has 154 valence electrons. The van der Waals surface area contributed by atoms with Crippen LogP contribution in [0.3, 0.4) is 0 Å². The molecule has 5 amide bonds. The SMILES string of the molecule is O=C(CN1C(=O)C(=O)N(CCC2=CCCCC2)C1=O)NCCc1ccc(F)cc1. The van der Waals surface area contributed by atoms with E-state index in [1.54, 1.807) is 12.1 Å². The highest BCUT2D eigenvalue weighted by atomic mass is 19.1. The molecule has 0 spiro atoms. The third-order valence-corrected chi connectivity index (χ3v) is 5.13. The van der Waals surface area contributed by atoms with Crippen LogP contribution in [0, 0.1) is 5.82 Å². The lowest BCUT2D eigenvalue weighted by molar-refractivity contribution is -0.144. The van der Waals surface area contributed by atoms with E-state index in [2.05, 4.69) is 11.4 Å². The first-order valence-electron chi connectivity index (χ1n) is 9.82. The molecule has 7 nitrogen and oxygen atoms in total. The van der Waals surface area contributed by atoms with Gasteiger partial charge in [0.15, 0.2) is 0 Å². The Balaban J connectivity index is 1.47. The predicted octanol–water partition coefficient (Wildman–Crippen LogP) is 2.17. The summed E-state index contributed by atoms with van der Waals surface area (Å²) in [7, 11) is 0. The van der Waals surface area contributed by atoms with Crippen molar-refractivity contribution in [3.05, 3.63) is 47.3 Å². The summed E-state index contributed by atoms with van der Waals surface area (Å²) >= 11 is 0. The number of nitrogens with zero attached hydrogens (tertiary/aromatic N) is 2. The van der Waals surface area contributed by atoms with Gasteiger partial charge in [0.1, 0.15) is 12.4 Å². The molecule has 1 aliphatic heterocycles. The molecule has 1 aromatic rings. The molecular weight excluding hydrogens is 377 g/mol. The van der Waals surface area contributed by atoms with Crippen molar-refractivity contribution < 1.29 is 23.6 Å². The smallest absolute Gasteiger partial charge is 0.334 e. The zero-order valence-corrected chi connectivity index (χ0v) is 16.2. The average Bonchev–Trinajstić information content (AvgIpc) is 2.92. The van der Waals surface area contributed by atoms with Gasteiger partial charge in [0.25, 0.3) is 0 Å². The highest BCUT2D eigenvalue weighted by Gasteiger charge is 2.44. The average molecular weight is 401 g/mol. The summed E-state index contributed by atoms with van der Waals surface area (Å²) in [6.07, 6.45) is 7.36. The molecule has 1 heterocycles. The van der Waals surface area contributed by atoms with Crippen LogP contribution in [0.4, 0.5) is 9.18 Å². The van der Waals surface area contributed by atoms with Crippen molar-refractivity contribution in [1.29, 1.82) is 0 Å². The molecule has 0 unspecified atom stereocenters. The lowest BCUT2D eigenvalue weighted by atomic mass is 9.97. The second-order valence-electron chi connectivity index (χ2n) is 7.22. The summed E-state index contributed by atoms with van der Waals surface area (Å²) < 4.78 is 12.9. The molecule has 1 aliphatic carbocycles. The summed E-state index contributed by atoms with van der Waals surface area (Å²) in [5.41, 5.74) is 2.04. The number of nitrogens with one attached hydrogen (secondary N) is 1. The van der Waals surface area contributed by atoms with Crippen LogP contribution in [0.25, 0.3) is 0 Å². The standard InChI is InChI=1S/C21H24FN3O4/c22-17-8-6-16(7-9-17)10-12-23-18(26)14-25-20(28)19(27)24(21(25)29)13-11-15-4-2-1-3-5-15/h4,6-9H,1-3,5,10-14H2,(H,23,26). The van der Waals surface area contributed by atoms with Crippen LogP contribution in [0.1, 0.15) is 37.7 Å². The lowest BCUT2D eigenvalue weighted by Crippen LogP contribution is -2.42. The molecule has 1 saturated heterocycles. The summed E-state index contributed by atoms with van der Waals surface area (Å²) in [4.78, 5) is 50.4. The number of hydrogen-bond donors (Lipinski definition) is 1. The van der Waals surface area contributed by atoms with Crippen LogP contribution in [0.2, 0.25) is 0 Å². The minimum Gasteiger partial charge on any atom is -0.354 e. The van der Waals surface area contributed by atoms with Crippen molar-refractivity contribution in [3.8, 4) is 0 Å². The maximum absolute atomic E-state index is 12.9. The van der Waals surface area contributed by atoms with Gasteiger partial charge < -0.3 is 5.32 Å². The number of urea groups is 1. The van der Waals surface area contributed by atoms with Crippen molar-refractivity contribution >= 4 is 23.8 Å². The zero-order valence-electron chi connectivity index (χ0n) is 16.2. The van der Waals surface area contributed by atoms with Gasteiger partial charge in [-0.1, -0.05) is 23.8 Å². The first-order valence-corrected chi connectivity index (χ1v) is 9.82. The van der Waals surface area contributed by atoms with Gasteiger partial charge in [0.05, 0.1) is 0 Å². The van der Waals surface area contributed by atoms with Crippen LogP contribution in [-0.4, -0.2) is 53.2 Å². The molecule has 0 radical (unpaired) electrons. The van der Waals surface area contributed by atoms with Crippen molar-refractivity contribution in [3.63, 3.8) is 0 Å². The Morgan fingerprint density at radius 2 is 1.72 bits per heavy atom. The van der Waals surface area contributed by atoms with Gasteiger partial charge in [-0.3, -0.25) is 19.3 Å². The second-order valence-corrected chi connectivity index (χ2v) is 7.22. The number of hydrogen-bond acceptors (Lipinski definition) is 4. The van der Waals surface area contributed by atoms with E-state index < -0.39 is 30.3 Å². The Bertz CT molecular complexity index is 835. The minimum absolute atomic E-state index is 0.151. The van der Waals surface area contributed by atoms with Crippen LogP contribution >= 0.6 is 0 Å². The maximum atomic E-state index is 12.9. The Morgan fingerprint density at radius 1 is 1.00 bits per heavy atom. The molecule has 0 aromatic heterocycles. The van der Waals surface area contributed by atoms with Gasteiger partial charge in [-0.2, -0.15) is 0 Å².